The first-order valence-electron chi connectivity index (χ1n) is 6.16. The molecule has 0 aromatic heterocycles. The van der Waals surface area contributed by atoms with Crippen LogP contribution in [0.2, 0.25) is 0 Å². The number of amides is 1. The fraction of sp³-hybridized carbons (Fsp3) is 0.833. The summed E-state index contributed by atoms with van der Waals surface area (Å²) in [6.07, 6.45) is 1.50. The maximum atomic E-state index is 11.5. The van der Waals surface area contributed by atoms with Crippen LogP contribution in [0.3, 0.4) is 0 Å². The average molecular weight is 259 g/mol. The molecule has 2 atom stereocenters. The fourth-order valence-corrected chi connectivity index (χ4v) is 2.04. The lowest BCUT2D eigenvalue weighted by Gasteiger charge is -2.43. The number of hydrogen-bond donors (Lipinski definition) is 0. The van der Waals surface area contributed by atoms with Gasteiger partial charge in [-0.25, -0.2) is 4.79 Å². The van der Waals surface area contributed by atoms with Crippen molar-refractivity contribution < 1.29 is 23.8 Å². The predicted molar refractivity (Wildman–Crippen MR) is 63.5 cm³/mol. The number of carbonyl (C=O) groups excluding carboxylic acids is 2. The molecule has 0 unspecified atom stereocenters. The summed E-state index contributed by atoms with van der Waals surface area (Å²) in [7, 11) is 1.30. The van der Waals surface area contributed by atoms with Gasteiger partial charge in [-0.05, 0) is 20.3 Å². The molecule has 0 bridgehead atoms. The van der Waals surface area contributed by atoms with Crippen LogP contribution < -0.4 is 0 Å². The van der Waals surface area contributed by atoms with Crippen molar-refractivity contribution in [1.82, 2.24) is 4.90 Å². The van der Waals surface area contributed by atoms with E-state index in [-0.39, 0.29) is 12.3 Å². The van der Waals surface area contributed by atoms with Crippen molar-refractivity contribution in [3.05, 3.63) is 0 Å². The molecule has 6 heteroatoms. The summed E-state index contributed by atoms with van der Waals surface area (Å²) in [6, 6.07) is -0.912. The fourth-order valence-electron chi connectivity index (χ4n) is 2.04. The van der Waals surface area contributed by atoms with Gasteiger partial charge >= 0.3 is 5.97 Å². The summed E-state index contributed by atoms with van der Waals surface area (Å²) in [5, 5.41) is 0. The molecule has 0 radical (unpaired) electrons. The third kappa shape index (κ3) is 3.20. The lowest BCUT2D eigenvalue weighted by Crippen LogP contribution is -2.57. The van der Waals surface area contributed by atoms with Crippen LogP contribution in [0, 0.1) is 0 Å². The van der Waals surface area contributed by atoms with Gasteiger partial charge in [0, 0.05) is 0 Å². The molecule has 1 saturated heterocycles. The summed E-state index contributed by atoms with van der Waals surface area (Å²) in [5.41, 5.74) is 0. The molecule has 6 nitrogen and oxygen atoms in total. The van der Waals surface area contributed by atoms with Crippen LogP contribution in [0.25, 0.3) is 0 Å². The van der Waals surface area contributed by atoms with Crippen LogP contribution in [0.15, 0.2) is 0 Å². The molecule has 1 fully saturated rings. The number of nitrogens with zero attached hydrogens (tertiary/aromatic N) is 1. The van der Waals surface area contributed by atoms with Crippen LogP contribution in [0.1, 0.15) is 33.6 Å². The van der Waals surface area contributed by atoms with Crippen molar-refractivity contribution in [2.24, 2.45) is 0 Å². The van der Waals surface area contributed by atoms with Crippen LogP contribution in [0.4, 0.5) is 0 Å². The number of esters is 1. The highest BCUT2D eigenvalue weighted by Crippen LogP contribution is 2.26. The van der Waals surface area contributed by atoms with Gasteiger partial charge in [0.1, 0.15) is 6.04 Å². The molecular formula is C12H21NO5. The van der Waals surface area contributed by atoms with Gasteiger partial charge in [0.15, 0.2) is 12.6 Å². The molecule has 0 N–H and O–H groups in total. The van der Waals surface area contributed by atoms with E-state index in [1.165, 1.54) is 12.0 Å². The zero-order chi connectivity index (χ0) is 13.7. The highest BCUT2D eigenvalue weighted by atomic mass is 16.9. The Morgan fingerprint density at radius 1 is 1.50 bits per heavy atom. The summed E-state index contributed by atoms with van der Waals surface area (Å²) < 4.78 is 15.5. The van der Waals surface area contributed by atoms with Gasteiger partial charge in [-0.2, -0.15) is 0 Å². The standard InChI is InChI=1S/C12H21NO5/c1-5-6-10(12-17-9(3)18-12)13(7-14)8(2)11(15)16-4/h7-10,12H,5-6H2,1-4H3/t8-,9?,10-,12?/m0/s1. The first kappa shape index (κ1) is 14.9. The van der Waals surface area contributed by atoms with Gasteiger partial charge in [-0.15, -0.1) is 0 Å². The third-order valence-electron chi connectivity index (χ3n) is 3.04. The number of rotatable bonds is 7. The van der Waals surface area contributed by atoms with Crippen molar-refractivity contribution >= 4 is 12.4 Å². The van der Waals surface area contributed by atoms with Gasteiger partial charge in [-0.1, -0.05) is 13.3 Å². The lowest BCUT2D eigenvalue weighted by molar-refractivity contribution is -0.390. The Hall–Kier alpha value is -1.14. The van der Waals surface area contributed by atoms with E-state index in [9.17, 15) is 9.59 Å². The molecule has 0 aliphatic carbocycles. The van der Waals surface area contributed by atoms with Crippen LogP contribution in [0.5, 0.6) is 0 Å². The maximum absolute atomic E-state index is 11.5. The minimum Gasteiger partial charge on any atom is -0.467 e. The monoisotopic (exact) mass is 259 g/mol. The molecule has 0 saturated carbocycles. The highest BCUT2D eigenvalue weighted by molar-refractivity contribution is 5.77. The van der Waals surface area contributed by atoms with Crippen LogP contribution >= 0.6 is 0 Å². The normalized spacial score (nSPS) is 25.8. The Morgan fingerprint density at radius 3 is 2.50 bits per heavy atom. The number of carbonyl (C=O) groups is 2. The van der Waals surface area contributed by atoms with Crippen molar-refractivity contribution in [1.29, 1.82) is 0 Å². The molecule has 0 aromatic rings. The van der Waals surface area contributed by atoms with E-state index in [0.717, 1.165) is 6.42 Å². The maximum Gasteiger partial charge on any atom is 0.328 e. The van der Waals surface area contributed by atoms with E-state index >= 15 is 0 Å². The summed E-state index contributed by atoms with van der Waals surface area (Å²) in [5.74, 6) is -0.449. The second-order valence-electron chi connectivity index (χ2n) is 4.32. The van der Waals surface area contributed by atoms with E-state index in [2.05, 4.69) is 4.74 Å². The highest BCUT2D eigenvalue weighted by Gasteiger charge is 2.40. The molecule has 1 aliphatic rings. The average Bonchev–Trinajstić information content (AvgIpc) is 2.33. The molecule has 1 aliphatic heterocycles. The van der Waals surface area contributed by atoms with E-state index in [4.69, 9.17) is 9.47 Å². The Balaban J connectivity index is 2.73. The quantitative estimate of drug-likeness (QED) is 0.502. The summed E-state index contributed by atoms with van der Waals surface area (Å²) >= 11 is 0. The van der Waals surface area contributed by atoms with Crippen molar-refractivity contribution in [3.8, 4) is 0 Å². The van der Waals surface area contributed by atoms with Gasteiger partial charge in [0.25, 0.3) is 0 Å². The molecular weight excluding hydrogens is 238 g/mol. The van der Waals surface area contributed by atoms with Gasteiger partial charge in [0.05, 0.1) is 13.2 Å². The zero-order valence-corrected chi connectivity index (χ0v) is 11.3. The van der Waals surface area contributed by atoms with E-state index in [1.807, 2.05) is 6.92 Å². The summed E-state index contributed by atoms with van der Waals surface area (Å²) in [4.78, 5) is 24.1. The Bertz CT molecular complexity index is 290. The van der Waals surface area contributed by atoms with Gasteiger partial charge < -0.3 is 19.1 Å². The van der Waals surface area contributed by atoms with E-state index in [0.29, 0.717) is 12.8 Å². The second kappa shape index (κ2) is 6.70. The van der Waals surface area contributed by atoms with Gasteiger partial charge in [-0.3, -0.25) is 4.79 Å². The van der Waals surface area contributed by atoms with Crippen LogP contribution in [-0.4, -0.2) is 49.1 Å². The molecule has 18 heavy (non-hydrogen) atoms. The third-order valence-corrected chi connectivity index (χ3v) is 3.04. The molecule has 0 spiro atoms. The topological polar surface area (TPSA) is 65.1 Å². The van der Waals surface area contributed by atoms with Crippen molar-refractivity contribution in [3.63, 3.8) is 0 Å². The molecule has 1 rings (SSSR count). The SMILES string of the molecule is CCC[C@@H](C1OC(C)O1)N(C=O)[C@@H](C)C(=O)OC. The Kier molecular flexibility index (Phi) is 5.55. The number of ether oxygens (including phenoxy) is 3. The first-order chi connectivity index (χ1) is 8.54. The van der Waals surface area contributed by atoms with Crippen molar-refractivity contribution in [2.45, 2.75) is 58.3 Å². The van der Waals surface area contributed by atoms with Crippen molar-refractivity contribution in [2.75, 3.05) is 7.11 Å². The lowest BCUT2D eigenvalue weighted by atomic mass is 10.1. The molecule has 104 valence electrons. The van der Waals surface area contributed by atoms with E-state index in [1.54, 1.807) is 13.8 Å². The summed E-state index contributed by atoms with van der Waals surface area (Å²) in [6.45, 7) is 5.42. The van der Waals surface area contributed by atoms with Gasteiger partial charge in [0.2, 0.25) is 6.41 Å². The smallest absolute Gasteiger partial charge is 0.328 e. The molecule has 1 amide bonds. The second-order valence-corrected chi connectivity index (χ2v) is 4.32. The largest absolute Gasteiger partial charge is 0.467 e. The number of hydrogen-bond acceptors (Lipinski definition) is 5. The minimum absolute atomic E-state index is 0.253. The molecule has 0 aromatic carbocycles. The van der Waals surface area contributed by atoms with Crippen LogP contribution in [-0.2, 0) is 23.8 Å². The minimum atomic E-state index is -0.646. The Labute approximate surface area is 107 Å². The predicted octanol–water partition coefficient (Wildman–Crippen LogP) is 0.894. The first-order valence-corrected chi connectivity index (χ1v) is 6.16. The number of methoxy groups -OCH3 is 1. The Morgan fingerprint density at radius 2 is 2.11 bits per heavy atom. The van der Waals surface area contributed by atoms with E-state index < -0.39 is 18.3 Å². The molecule has 1 heterocycles. The zero-order valence-electron chi connectivity index (χ0n) is 11.3.